The Morgan fingerprint density at radius 3 is 2.20 bits per heavy atom. The molecule has 0 aromatic carbocycles. The van der Waals surface area contributed by atoms with E-state index in [1.54, 1.807) is 0 Å². The molecule has 1 aliphatic carbocycles. The Morgan fingerprint density at radius 2 is 1.80 bits per heavy atom. The van der Waals surface area contributed by atoms with Crippen LogP contribution >= 0.6 is 0 Å². The molecular weight excluding hydrogens is 209 g/mol. The first-order valence-corrected chi connectivity index (χ1v) is 4.99. The maximum absolute atomic E-state index is 12.3. The van der Waals surface area contributed by atoms with Crippen molar-refractivity contribution in [2.75, 3.05) is 6.54 Å². The largest absolute Gasteiger partial charge is 0.391 e. The van der Waals surface area contributed by atoms with Gasteiger partial charge in [0.2, 0.25) is 5.91 Å². The quantitative estimate of drug-likeness (QED) is 0.740. The van der Waals surface area contributed by atoms with Gasteiger partial charge in [0.25, 0.3) is 0 Å². The highest BCUT2D eigenvalue weighted by atomic mass is 19.4. The van der Waals surface area contributed by atoms with Crippen LogP contribution in [0.1, 0.15) is 25.7 Å². The fourth-order valence-electron chi connectivity index (χ4n) is 1.85. The molecule has 1 aliphatic rings. The summed E-state index contributed by atoms with van der Waals surface area (Å²) in [6, 6.07) is -0.139. The molecule has 3 nitrogen and oxygen atoms in total. The van der Waals surface area contributed by atoms with Crippen molar-refractivity contribution in [3.05, 3.63) is 0 Å². The second kappa shape index (κ2) is 4.83. The van der Waals surface area contributed by atoms with Gasteiger partial charge in [0.1, 0.15) is 0 Å². The highest BCUT2D eigenvalue weighted by Crippen LogP contribution is 2.37. The van der Waals surface area contributed by atoms with E-state index < -0.39 is 12.1 Å². The Balaban J connectivity index is 2.33. The Kier molecular flexibility index (Phi) is 3.96. The third kappa shape index (κ3) is 3.70. The summed E-state index contributed by atoms with van der Waals surface area (Å²) in [5.41, 5.74) is 5.09. The lowest BCUT2D eigenvalue weighted by atomic mass is 9.85. The predicted molar refractivity (Wildman–Crippen MR) is 49.0 cm³/mol. The summed E-state index contributed by atoms with van der Waals surface area (Å²) in [6.45, 7) is -0.112. The van der Waals surface area contributed by atoms with Gasteiger partial charge in [-0.05, 0) is 25.7 Å². The van der Waals surface area contributed by atoms with Gasteiger partial charge in [-0.1, -0.05) is 0 Å². The molecule has 1 amide bonds. The fraction of sp³-hybridized carbons (Fsp3) is 0.889. The van der Waals surface area contributed by atoms with Gasteiger partial charge in [0.15, 0.2) is 0 Å². The number of carbonyl (C=O) groups excluding carboxylic acids is 1. The van der Waals surface area contributed by atoms with E-state index in [0.717, 1.165) is 0 Å². The average molecular weight is 224 g/mol. The number of alkyl halides is 3. The van der Waals surface area contributed by atoms with E-state index in [1.165, 1.54) is 0 Å². The van der Waals surface area contributed by atoms with E-state index >= 15 is 0 Å². The van der Waals surface area contributed by atoms with Gasteiger partial charge in [0.05, 0.1) is 12.5 Å². The number of halogens is 3. The van der Waals surface area contributed by atoms with E-state index in [2.05, 4.69) is 5.32 Å². The van der Waals surface area contributed by atoms with E-state index in [1.807, 2.05) is 0 Å². The van der Waals surface area contributed by atoms with Crippen molar-refractivity contribution in [3.63, 3.8) is 0 Å². The van der Waals surface area contributed by atoms with Crippen LogP contribution in [0, 0.1) is 5.92 Å². The minimum Gasteiger partial charge on any atom is -0.352 e. The number of rotatable bonds is 2. The Labute approximate surface area is 86.2 Å². The van der Waals surface area contributed by atoms with Crippen LogP contribution in [0.5, 0.6) is 0 Å². The minimum absolute atomic E-state index is 0.0962. The van der Waals surface area contributed by atoms with Crippen molar-refractivity contribution >= 4 is 5.91 Å². The molecule has 0 aromatic rings. The van der Waals surface area contributed by atoms with Crippen LogP contribution in [0.3, 0.4) is 0 Å². The van der Waals surface area contributed by atoms with Crippen LogP contribution in [0.4, 0.5) is 13.2 Å². The van der Waals surface area contributed by atoms with Crippen LogP contribution in [0.15, 0.2) is 0 Å². The van der Waals surface area contributed by atoms with E-state index in [9.17, 15) is 18.0 Å². The number of carbonyl (C=O) groups is 1. The number of nitrogens with two attached hydrogens (primary N) is 1. The lowest BCUT2D eigenvalue weighted by molar-refractivity contribution is -0.182. The maximum atomic E-state index is 12.3. The Hall–Kier alpha value is -0.780. The molecule has 0 heterocycles. The van der Waals surface area contributed by atoms with Gasteiger partial charge < -0.3 is 11.1 Å². The summed E-state index contributed by atoms with van der Waals surface area (Å²) in [4.78, 5) is 10.9. The second-order valence-electron chi connectivity index (χ2n) is 3.86. The third-order valence-electron chi connectivity index (χ3n) is 2.74. The molecule has 0 aromatic heterocycles. The molecule has 0 unspecified atom stereocenters. The molecule has 6 heteroatoms. The molecule has 15 heavy (non-hydrogen) atoms. The van der Waals surface area contributed by atoms with Gasteiger partial charge in [-0.25, -0.2) is 0 Å². The van der Waals surface area contributed by atoms with Crippen LogP contribution < -0.4 is 11.1 Å². The molecule has 0 bridgehead atoms. The molecule has 0 radical (unpaired) electrons. The lowest BCUT2D eigenvalue weighted by Crippen LogP contribution is -2.42. The molecular formula is C9H15F3N2O. The minimum atomic E-state index is -4.09. The first-order valence-electron chi connectivity index (χ1n) is 4.99. The van der Waals surface area contributed by atoms with Crippen LogP contribution in [-0.4, -0.2) is 24.7 Å². The van der Waals surface area contributed by atoms with Crippen molar-refractivity contribution in [2.24, 2.45) is 11.7 Å². The van der Waals surface area contributed by atoms with Gasteiger partial charge >= 0.3 is 6.18 Å². The van der Waals surface area contributed by atoms with Gasteiger partial charge in [-0.2, -0.15) is 13.2 Å². The molecule has 0 saturated heterocycles. The molecule has 1 saturated carbocycles. The SMILES string of the molecule is NCC(=O)NC1CCC(C(F)(F)F)CC1. The number of amides is 1. The van der Waals surface area contributed by atoms with Crippen molar-refractivity contribution in [1.29, 1.82) is 0 Å². The Bertz CT molecular complexity index is 222. The molecule has 1 rings (SSSR count). The van der Waals surface area contributed by atoms with Gasteiger partial charge in [-0.15, -0.1) is 0 Å². The van der Waals surface area contributed by atoms with E-state index in [-0.39, 0.29) is 31.3 Å². The first-order chi connectivity index (χ1) is 6.93. The van der Waals surface area contributed by atoms with Crippen molar-refractivity contribution in [3.8, 4) is 0 Å². The zero-order valence-electron chi connectivity index (χ0n) is 8.31. The summed E-state index contributed by atoms with van der Waals surface area (Å²) in [6.07, 6.45) is -3.13. The predicted octanol–water partition coefficient (Wildman–Crippen LogP) is 1.18. The standard InChI is InChI=1S/C9H15F3N2O/c10-9(11,12)6-1-3-7(4-2-6)14-8(15)5-13/h6-7H,1-5,13H2,(H,14,15). The molecule has 0 atom stereocenters. The van der Waals surface area contributed by atoms with Crippen molar-refractivity contribution in [2.45, 2.75) is 37.9 Å². The first kappa shape index (κ1) is 12.3. The summed E-state index contributed by atoms with van der Waals surface area (Å²) in [5.74, 6) is -1.51. The summed E-state index contributed by atoms with van der Waals surface area (Å²) in [5, 5.41) is 2.61. The monoisotopic (exact) mass is 224 g/mol. The summed E-state index contributed by atoms with van der Waals surface area (Å²) >= 11 is 0. The Morgan fingerprint density at radius 1 is 1.27 bits per heavy atom. The molecule has 0 spiro atoms. The molecule has 3 N–H and O–H groups in total. The molecule has 88 valence electrons. The van der Waals surface area contributed by atoms with Gasteiger partial charge in [0, 0.05) is 6.04 Å². The summed E-state index contributed by atoms with van der Waals surface area (Å²) in [7, 11) is 0. The zero-order valence-corrected chi connectivity index (χ0v) is 8.31. The highest BCUT2D eigenvalue weighted by molar-refractivity contribution is 5.78. The van der Waals surface area contributed by atoms with E-state index in [4.69, 9.17) is 5.73 Å². The van der Waals surface area contributed by atoms with Crippen LogP contribution in [0.25, 0.3) is 0 Å². The molecule has 1 fully saturated rings. The smallest absolute Gasteiger partial charge is 0.352 e. The maximum Gasteiger partial charge on any atom is 0.391 e. The molecule has 0 aliphatic heterocycles. The van der Waals surface area contributed by atoms with Crippen molar-refractivity contribution < 1.29 is 18.0 Å². The van der Waals surface area contributed by atoms with Crippen LogP contribution in [-0.2, 0) is 4.79 Å². The average Bonchev–Trinajstić information content (AvgIpc) is 2.17. The lowest BCUT2D eigenvalue weighted by Gasteiger charge is -2.30. The van der Waals surface area contributed by atoms with Gasteiger partial charge in [-0.3, -0.25) is 4.79 Å². The number of hydrogen-bond acceptors (Lipinski definition) is 2. The van der Waals surface area contributed by atoms with Crippen molar-refractivity contribution in [1.82, 2.24) is 5.32 Å². The number of hydrogen-bond donors (Lipinski definition) is 2. The second-order valence-corrected chi connectivity index (χ2v) is 3.86. The summed E-state index contributed by atoms with van der Waals surface area (Å²) < 4.78 is 36.9. The topological polar surface area (TPSA) is 55.1 Å². The highest BCUT2D eigenvalue weighted by Gasteiger charge is 2.41. The van der Waals surface area contributed by atoms with E-state index in [0.29, 0.717) is 12.8 Å². The fourth-order valence-corrected chi connectivity index (χ4v) is 1.85. The number of nitrogens with one attached hydrogen (secondary N) is 1. The normalized spacial score (nSPS) is 27.5. The van der Waals surface area contributed by atoms with Crippen LogP contribution in [0.2, 0.25) is 0 Å². The zero-order chi connectivity index (χ0) is 11.5. The third-order valence-corrected chi connectivity index (χ3v) is 2.74.